The lowest BCUT2D eigenvalue weighted by atomic mass is 10.1. The fraction of sp³-hybridized carbons (Fsp3) is 0.526. The van der Waals surface area contributed by atoms with Crippen LogP contribution in [0.25, 0.3) is 0 Å². The summed E-state index contributed by atoms with van der Waals surface area (Å²) in [7, 11) is 6.00. The minimum atomic E-state index is 0.112. The lowest BCUT2D eigenvalue weighted by Gasteiger charge is -2.25. The summed E-state index contributed by atoms with van der Waals surface area (Å²) in [6.45, 7) is 1.64. The number of rotatable bonds is 6. The summed E-state index contributed by atoms with van der Waals surface area (Å²) in [6, 6.07) is 8.24. The Hall–Kier alpha value is -2.21. The standard InChI is InChI=1S/C19H27N5O/c1-22(2)14-15-6-4-7-17(21-15)18-8-5-13-24(18)19(25)10-9-16-11-12-20-23(16)3/h4,6-7,11-12,18H,5,8-10,13-14H2,1-3H3/t18-/m1/s1. The molecular weight excluding hydrogens is 314 g/mol. The zero-order chi connectivity index (χ0) is 17.8. The van der Waals surface area contributed by atoms with Crippen molar-refractivity contribution in [3.8, 4) is 0 Å². The third-order valence-corrected chi connectivity index (χ3v) is 4.74. The van der Waals surface area contributed by atoms with E-state index in [2.05, 4.69) is 22.1 Å². The third kappa shape index (κ3) is 4.25. The van der Waals surface area contributed by atoms with Crippen molar-refractivity contribution in [2.24, 2.45) is 7.05 Å². The number of hydrogen-bond acceptors (Lipinski definition) is 4. The second-order valence-corrected chi connectivity index (χ2v) is 6.98. The second kappa shape index (κ2) is 7.78. The number of aromatic nitrogens is 3. The van der Waals surface area contributed by atoms with E-state index in [1.807, 2.05) is 42.9 Å². The minimum absolute atomic E-state index is 0.112. The normalized spacial score (nSPS) is 17.4. The number of carbonyl (C=O) groups is 1. The van der Waals surface area contributed by atoms with Gasteiger partial charge in [0.2, 0.25) is 5.91 Å². The summed E-state index contributed by atoms with van der Waals surface area (Å²) in [5.41, 5.74) is 3.16. The molecule has 1 fully saturated rings. The maximum atomic E-state index is 12.8. The Morgan fingerprint density at radius 2 is 2.16 bits per heavy atom. The fourth-order valence-corrected chi connectivity index (χ4v) is 3.49. The van der Waals surface area contributed by atoms with Crippen molar-refractivity contribution < 1.29 is 4.79 Å². The summed E-state index contributed by atoms with van der Waals surface area (Å²) in [5, 5.41) is 4.17. The number of aryl methyl sites for hydroxylation is 2. The van der Waals surface area contributed by atoms with Crippen molar-refractivity contribution in [1.82, 2.24) is 24.6 Å². The molecule has 0 radical (unpaired) electrons. The molecule has 0 N–H and O–H groups in total. The highest BCUT2D eigenvalue weighted by atomic mass is 16.2. The van der Waals surface area contributed by atoms with Gasteiger partial charge in [-0.05, 0) is 51.6 Å². The van der Waals surface area contributed by atoms with Gasteiger partial charge in [-0.3, -0.25) is 14.5 Å². The third-order valence-electron chi connectivity index (χ3n) is 4.74. The number of carbonyl (C=O) groups excluding carboxylic acids is 1. The van der Waals surface area contributed by atoms with Crippen molar-refractivity contribution in [3.05, 3.63) is 47.5 Å². The molecule has 2 aromatic rings. The molecule has 0 bridgehead atoms. The van der Waals surface area contributed by atoms with Gasteiger partial charge in [-0.1, -0.05) is 6.07 Å². The summed E-state index contributed by atoms with van der Waals surface area (Å²) < 4.78 is 1.83. The van der Waals surface area contributed by atoms with E-state index in [4.69, 9.17) is 4.98 Å². The Kier molecular flexibility index (Phi) is 5.48. The van der Waals surface area contributed by atoms with Gasteiger partial charge < -0.3 is 9.80 Å². The van der Waals surface area contributed by atoms with Crippen molar-refractivity contribution in [2.45, 2.75) is 38.3 Å². The number of likely N-dealkylation sites (tertiary alicyclic amines) is 1. The second-order valence-electron chi connectivity index (χ2n) is 6.98. The van der Waals surface area contributed by atoms with E-state index >= 15 is 0 Å². The molecule has 1 aliphatic heterocycles. The first-order valence-corrected chi connectivity index (χ1v) is 8.91. The fourth-order valence-electron chi connectivity index (χ4n) is 3.49. The Morgan fingerprint density at radius 1 is 1.32 bits per heavy atom. The highest BCUT2D eigenvalue weighted by molar-refractivity contribution is 5.77. The maximum absolute atomic E-state index is 12.8. The van der Waals surface area contributed by atoms with Crippen LogP contribution in [-0.4, -0.2) is 51.1 Å². The predicted molar refractivity (Wildman–Crippen MR) is 96.8 cm³/mol. The van der Waals surface area contributed by atoms with Gasteiger partial charge in [-0.15, -0.1) is 0 Å². The molecule has 0 unspecified atom stereocenters. The highest BCUT2D eigenvalue weighted by Gasteiger charge is 2.30. The molecule has 0 saturated carbocycles. The molecule has 134 valence electrons. The van der Waals surface area contributed by atoms with Crippen LogP contribution in [0.4, 0.5) is 0 Å². The number of hydrogen-bond donors (Lipinski definition) is 0. The molecule has 0 aliphatic carbocycles. The zero-order valence-corrected chi connectivity index (χ0v) is 15.4. The highest BCUT2D eigenvalue weighted by Crippen LogP contribution is 2.31. The van der Waals surface area contributed by atoms with E-state index in [0.717, 1.165) is 49.4 Å². The van der Waals surface area contributed by atoms with Gasteiger partial charge in [0.05, 0.1) is 17.4 Å². The molecule has 25 heavy (non-hydrogen) atoms. The van der Waals surface area contributed by atoms with E-state index in [-0.39, 0.29) is 11.9 Å². The van der Waals surface area contributed by atoms with Gasteiger partial charge in [0.1, 0.15) is 0 Å². The molecule has 0 aromatic carbocycles. The van der Waals surface area contributed by atoms with Gasteiger partial charge in [0.15, 0.2) is 0 Å². The Morgan fingerprint density at radius 3 is 2.88 bits per heavy atom. The molecule has 3 heterocycles. The van der Waals surface area contributed by atoms with Crippen molar-refractivity contribution in [3.63, 3.8) is 0 Å². The molecule has 1 amide bonds. The summed E-state index contributed by atoms with van der Waals surface area (Å²) in [6.07, 6.45) is 5.07. The lowest BCUT2D eigenvalue weighted by Crippen LogP contribution is -2.31. The Labute approximate surface area is 149 Å². The first-order valence-electron chi connectivity index (χ1n) is 8.91. The van der Waals surface area contributed by atoms with Crippen LogP contribution < -0.4 is 0 Å². The largest absolute Gasteiger partial charge is 0.334 e. The Bertz CT molecular complexity index is 724. The topological polar surface area (TPSA) is 54.3 Å². The molecule has 0 spiro atoms. The molecule has 1 saturated heterocycles. The van der Waals surface area contributed by atoms with E-state index in [0.29, 0.717) is 6.42 Å². The average Bonchev–Trinajstić information content (AvgIpc) is 3.21. The maximum Gasteiger partial charge on any atom is 0.223 e. The predicted octanol–water partition coefficient (Wildman–Crippen LogP) is 2.17. The number of pyridine rings is 1. The molecule has 1 aliphatic rings. The van der Waals surface area contributed by atoms with Crippen LogP contribution in [0.15, 0.2) is 30.5 Å². The summed E-state index contributed by atoms with van der Waals surface area (Å²) in [5.74, 6) is 0.212. The van der Waals surface area contributed by atoms with Crippen LogP contribution in [0.5, 0.6) is 0 Å². The van der Waals surface area contributed by atoms with Gasteiger partial charge in [-0.25, -0.2) is 0 Å². The minimum Gasteiger partial charge on any atom is -0.334 e. The smallest absolute Gasteiger partial charge is 0.223 e. The summed E-state index contributed by atoms with van der Waals surface area (Å²) in [4.78, 5) is 21.7. The van der Waals surface area contributed by atoms with Crippen LogP contribution in [-0.2, 0) is 24.8 Å². The summed E-state index contributed by atoms with van der Waals surface area (Å²) >= 11 is 0. The molecule has 1 atom stereocenters. The zero-order valence-electron chi connectivity index (χ0n) is 15.4. The van der Waals surface area contributed by atoms with E-state index in [1.165, 1.54) is 0 Å². The lowest BCUT2D eigenvalue weighted by molar-refractivity contribution is -0.132. The molecule has 3 rings (SSSR count). The van der Waals surface area contributed by atoms with Gasteiger partial charge in [0.25, 0.3) is 0 Å². The molecule has 2 aromatic heterocycles. The van der Waals surface area contributed by atoms with Crippen molar-refractivity contribution in [1.29, 1.82) is 0 Å². The van der Waals surface area contributed by atoms with Crippen LogP contribution in [0, 0.1) is 0 Å². The van der Waals surface area contributed by atoms with Crippen LogP contribution >= 0.6 is 0 Å². The van der Waals surface area contributed by atoms with E-state index in [1.54, 1.807) is 6.20 Å². The Balaban J connectivity index is 1.67. The SMILES string of the molecule is CN(C)Cc1cccc([C@H]2CCCN2C(=O)CCc2ccnn2C)n1. The quantitative estimate of drug-likeness (QED) is 0.808. The molecule has 6 heteroatoms. The first kappa shape index (κ1) is 17.6. The average molecular weight is 341 g/mol. The first-order chi connectivity index (χ1) is 12.0. The van der Waals surface area contributed by atoms with E-state index < -0.39 is 0 Å². The van der Waals surface area contributed by atoms with Gasteiger partial charge >= 0.3 is 0 Å². The van der Waals surface area contributed by atoms with Crippen molar-refractivity contribution in [2.75, 3.05) is 20.6 Å². The van der Waals surface area contributed by atoms with E-state index in [9.17, 15) is 4.79 Å². The van der Waals surface area contributed by atoms with Crippen molar-refractivity contribution >= 4 is 5.91 Å². The number of amides is 1. The number of nitrogens with zero attached hydrogens (tertiary/aromatic N) is 5. The molecular formula is C19H27N5O. The van der Waals surface area contributed by atoms with Gasteiger partial charge in [-0.2, -0.15) is 5.10 Å². The molecule has 6 nitrogen and oxygen atoms in total. The van der Waals surface area contributed by atoms with Gasteiger partial charge in [0, 0.05) is 38.4 Å². The van der Waals surface area contributed by atoms with Crippen LogP contribution in [0.2, 0.25) is 0 Å². The van der Waals surface area contributed by atoms with Crippen LogP contribution in [0.3, 0.4) is 0 Å². The monoisotopic (exact) mass is 341 g/mol. The van der Waals surface area contributed by atoms with Crippen LogP contribution in [0.1, 0.15) is 42.4 Å².